The number of carbonyl (C=O) groups is 1. The van der Waals surface area contributed by atoms with Crippen molar-refractivity contribution in [3.8, 4) is 0 Å². The maximum Gasteiger partial charge on any atom is 0.433 e. The third-order valence-corrected chi connectivity index (χ3v) is 2.72. The molecule has 110 valence electrons. The highest BCUT2D eigenvalue weighted by molar-refractivity contribution is 5.91. The first kappa shape index (κ1) is 14.5. The number of hydrogen-bond donors (Lipinski definition) is 1. The second kappa shape index (κ2) is 6.04. The first-order valence-corrected chi connectivity index (χ1v) is 6.12. The molecule has 0 aliphatic heterocycles. The molecule has 0 saturated heterocycles. The van der Waals surface area contributed by atoms with Gasteiger partial charge in [0.1, 0.15) is 10.7 Å². The number of nitrogens with one attached hydrogen (secondary N) is 1. The van der Waals surface area contributed by atoms with Gasteiger partial charge in [-0.1, -0.05) is 0 Å². The van der Waals surface area contributed by atoms with Crippen molar-refractivity contribution in [2.45, 2.75) is 6.54 Å². The summed E-state index contributed by atoms with van der Waals surface area (Å²) >= 11 is 0. The minimum atomic E-state index is -0.691. The van der Waals surface area contributed by atoms with Crippen LogP contribution in [0.4, 0.5) is 11.7 Å². The summed E-state index contributed by atoms with van der Waals surface area (Å²) < 4.78 is 4.83. The normalized spacial score (nSPS) is 10.2. The van der Waals surface area contributed by atoms with Crippen molar-refractivity contribution in [3.63, 3.8) is 0 Å². The summed E-state index contributed by atoms with van der Waals surface area (Å²) in [5.74, 6) is -0.288. The van der Waals surface area contributed by atoms with Crippen molar-refractivity contribution in [1.82, 2.24) is 10.3 Å². The summed E-state index contributed by atoms with van der Waals surface area (Å²) in [5, 5.41) is 13.1. The Morgan fingerprint density at radius 2 is 2.19 bits per heavy atom. The van der Waals surface area contributed by atoms with Crippen LogP contribution in [0.2, 0.25) is 0 Å². The first-order valence-electron chi connectivity index (χ1n) is 6.12. The third kappa shape index (κ3) is 3.56. The highest BCUT2D eigenvalue weighted by Gasteiger charge is 2.16. The van der Waals surface area contributed by atoms with E-state index in [0.717, 1.165) is 17.4 Å². The van der Waals surface area contributed by atoms with Gasteiger partial charge < -0.3 is 14.6 Å². The number of aromatic nitrogens is 1. The van der Waals surface area contributed by atoms with Crippen molar-refractivity contribution in [3.05, 3.63) is 51.9 Å². The van der Waals surface area contributed by atoms with E-state index >= 15 is 0 Å². The summed E-state index contributed by atoms with van der Waals surface area (Å²) in [6, 6.07) is 6.03. The molecule has 8 heteroatoms. The van der Waals surface area contributed by atoms with Crippen LogP contribution in [-0.2, 0) is 6.54 Å². The van der Waals surface area contributed by atoms with E-state index in [2.05, 4.69) is 10.3 Å². The average molecular weight is 290 g/mol. The van der Waals surface area contributed by atoms with Crippen molar-refractivity contribution in [2.24, 2.45) is 0 Å². The van der Waals surface area contributed by atoms with Crippen LogP contribution in [0.15, 0.2) is 34.9 Å². The highest BCUT2D eigenvalue weighted by atomic mass is 16.6. The molecule has 21 heavy (non-hydrogen) atoms. The molecule has 1 amide bonds. The number of nitro groups is 1. The summed E-state index contributed by atoms with van der Waals surface area (Å²) in [4.78, 5) is 27.6. The lowest BCUT2D eigenvalue weighted by atomic mass is 10.2. The molecule has 2 heterocycles. The molecule has 2 aromatic rings. The highest BCUT2D eigenvalue weighted by Crippen LogP contribution is 2.15. The van der Waals surface area contributed by atoms with E-state index in [1.165, 1.54) is 6.07 Å². The molecular formula is C13H14N4O4. The lowest BCUT2D eigenvalue weighted by Gasteiger charge is -2.12. The van der Waals surface area contributed by atoms with Crippen molar-refractivity contribution < 1.29 is 14.1 Å². The molecule has 0 aliphatic rings. The van der Waals surface area contributed by atoms with Crippen LogP contribution in [0.3, 0.4) is 0 Å². The Balaban J connectivity index is 2.00. The Labute approximate surface area is 120 Å². The molecule has 0 atom stereocenters. The zero-order valence-corrected chi connectivity index (χ0v) is 11.6. The molecule has 0 aromatic carbocycles. The van der Waals surface area contributed by atoms with Gasteiger partial charge in [0.25, 0.3) is 5.91 Å². The largest absolute Gasteiger partial charge is 0.433 e. The van der Waals surface area contributed by atoms with Gasteiger partial charge in [0, 0.05) is 26.8 Å². The zero-order chi connectivity index (χ0) is 15.4. The summed E-state index contributed by atoms with van der Waals surface area (Å²) in [7, 11) is 3.74. The number of anilines is 1. The minimum Gasteiger partial charge on any atom is -0.395 e. The molecule has 0 unspecified atom stereocenters. The summed E-state index contributed by atoms with van der Waals surface area (Å²) in [5.41, 5.74) is 0.864. The van der Waals surface area contributed by atoms with Crippen LogP contribution in [-0.4, -0.2) is 29.9 Å². The maximum absolute atomic E-state index is 11.8. The van der Waals surface area contributed by atoms with Gasteiger partial charge in [-0.25, -0.2) is 4.98 Å². The fourth-order valence-corrected chi connectivity index (χ4v) is 1.63. The molecular weight excluding hydrogens is 276 g/mol. The lowest BCUT2D eigenvalue weighted by molar-refractivity contribution is -0.402. The van der Waals surface area contributed by atoms with E-state index in [1.54, 1.807) is 12.3 Å². The van der Waals surface area contributed by atoms with E-state index in [0.29, 0.717) is 0 Å². The smallest absolute Gasteiger partial charge is 0.395 e. The van der Waals surface area contributed by atoms with Crippen LogP contribution in [0.5, 0.6) is 0 Å². The maximum atomic E-state index is 11.8. The molecule has 0 spiro atoms. The van der Waals surface area contributed by atoms with Gasteiger partial charge in [0.15, 0.2) is 5.76 Å². The van der Waals surface area contributed by atoms with Crippen LogP contribution >= 0.6 is 0 Å². The molecule has 1 N–H and O–H groups in total. The molecule has 0 bridgehead atoms. The third-order valence-electron chi connectivity index (χ3n) is 2.72. The Morgan fingerprint density at radius 1 is 1.43 bits per heavy atom. The van der Waals surface area contributed by atoms with E-state index in [9.17, 15) is 14.9 Å². The quantitative estimate of drug-likeness (QED) is 0.662. The van der Waals surface area contributed by atoms with E-state index < -0.39 is 16.7 Å². The lowest BCUT2D eigenvalue weighted by Crippen LogP contribution is -2.22. The number of pyridine rings is 1. The average Bonchev–Trinajstić information content (AvgIpc) is 2.95. The number of hydrogen-bond acceptors (Lipinski definition) is 6. The SMILES string of the molecule is CN(C)c1cc(CNC(=O)c2ccc([N+](=O)[O-])o2)ccn1. The fourth-order valence-electron chi connectivity index (χ4n) is 1.63. The second-order valence-corrected chi connectivity index (χ2v) is 4.49. The van der Waals surface area contributed by atoms with Crippen LogP contribution in [0.1, 0.15) is 16.1 Å². The van der Waals surface area contributed by atoms with Crippen LogP contribution in [0.25, 0.3) is 0 Å². The number of carbonyl (C=O) groups excluding carboxylic acids is 1. The van der Waals surface area contributed by atoms with E-state index in [1.807, 2.05) is 25.1 Å². The minimum absolute atomic E-state index is 0.0939. The standard InChI is InChI=1S/C13H14N4O4/c1-16(2)11-7-9(5-6-14-11)8-15-13(18)10-3-4-12(21-10)17(19)20/h3-7H,8H2,1-2H3,(H,15,18). The number of rotatable bonds is 5. The van der Waals surface area contributed by atoms with E-state index in [4.69, 9.17) is 4.42 Å². The van der Waals surface area contributed by atoms with Gasteiger partial charge in [-0.2, -0.15) is 0 Å². The van der Waals surface area contributed by atoms with Crippen molar-refractivity contribution >= 4 is 17.6 Å². The van der Waals surface area contributed by atoms with Crippen molar-refractivity contribution in [2.75, 3.05) is 19.0 Å². The first-order chi connectivity index (χ1) is 9.97. The Kier molecular flexibility index (Phi) is 4.17. The van der Waals surface area contributed by atoms with E-state index in [-0.39, 0.29) is 12.3 Å². The van der Waals surface area contributed by atoms with Gasteiger partial charge in [-0.15, -0.1) is 0 Å². The Morgan fingerprint density at radius 3 is 2.81 bits per heavy atom. The second-order valence-electron chi connectivity index (χ2n) is 4.49. The molecule has 2 rings (SSSR count). The predicted octanol–water partition coefficient (Wildman–Crippen LogP) is 1.58. The topological polar surface area (TPSA) is 102 Å². The molecule has 8 nitrogen and oxygen atoms in total. The van der Waals surface area contributed by atoms with Gasteiger partial charge in [-0.3, -0.25) is 14.9 Å². The molecule has 0 radical (unpaired) electrons. The Bertz CT molecular complexity index is 666. The van der Waals surface area contributed by atoms with Crippen LogP contribution < -0.4 is 10.2 Å². The number of furan rings is 1. The zero-order valence-electron chi connectivity index (χ0n) is 11.6. The van der Waals surface area contributed by atoms with Crippen LogP contribution in [0, 0.1) is 10.1 Å². The fraction of sp³-hybridized carbons (Fsp3) is 0.231. The monoisotopic (exact) mass is 290 g/mol. The number of nitrogens with zero attached hydrogens (tertiary/aromatic N) is 3. The predicted molar refractivity (Wildman–Crippen MR) is 75.1 cm³/mol. The van der Waals surface area contributed by atoms with Crippen molar-refractivity contribution in [1.29, 1.82) is 0 Å². The Hall–Kier alpha value is -2.90. The molecule has 0 saturated carbocycles. The van der Waals surface area contributed by atoms with Gasteiger partial charge >= 0.3 is 5.88 Å². The van der Waals surface area contributed by atoms with Gasteiger partial charge in [0.2, 0.25) is 0 Å². The summed E-state index contributed by atoms with van der Waals surface area (Å²) in [6.07, 6.45) is 1.65. The molecule has 0 fully saturated rings. The number of amides is 1. The van der Waals surface area contributed by atoms with Gasteiger partial charge in [0.05, 0.1) is 6.07 Å². The molecule has 2 aromatic heterocycles. The summed E-state index contributed by atoms with van der Waals surface area (Å²) in [6.45, 7) is 0.274. The molecule has 0 aliphatic carbocycles. The van der Waals surface area contributed by atoms with Gasteiger partial charge in [-0.05, 0) is 23.8 Å².